The summed E-state index contributed by atoms with van der Waals surface area (Å²) in [6.07, 6.45) is 0. The number of nitrogens with one attached hydrogen (secondary N) is 1. The van der Waals surface area contributed by atoms with Crippen LogP contribution in [0.2, 0.25) is 5.02 Å². The van der Waals surface area contributed by atoms with E-state index in [1.807, 2.05) is 12.1 Å². The highest BCUT2D eigenvalue weighted by Crippen LogP contribution is 2.31. The Hall–Kier alpha value is -0.830. The molecule has 0 saturated heterocycles. The summed E-state index contributed by atoms with van der Waals surface area (Å²) in [7, 11) is 0. The van der Waals surface area contributed by atoms with Gasteiger partial charge in [-0.15, -0.1) is 11.3 Å². The van der Waals surface area contributed by atoms with Crippen molar-refractivity contribution in [2.75, 3.05) is 0 Å². The van der Waals surface area contributed by atoms with Crippen molar-refractivity contribution < 1.29 is 0 Å². The fraction of sp³-hybridized carbons (Fsp3) is 0.286. The van der Waals surface area contributed by atoms with Crippen molar-refractivity contribution in [2.45, 2.75) is 26.4 Å². The molecule has 17 heavy (non-hydrogen) atoms. The van der Waals surface area contributed by atoms with Crippen molar-refractivity contribution in [3.63, 3.8) is 0 Å². The highest BCUT2D eigenvalue weighted by molar-refractivity contribution is 7.13. The van der Waals surface area contributed by atoms with Crippen LogP contribution in [0.5, 0.6) is 0 Å². The molecule has 0 radical (unpaired) electrons. The Kier molecular flexibility index (Phi) is 4.21. The van der Waals surface area contributed by atoms with Crippen LogP contribution in [0.4, 0.5) is 0 Å². The zero-order valence-electron chi connectivity index (χ0n) is 10.0. The number of halogens is 1. The van der Waals surface area contributed by atoms with Gasteiger partial charge in [0.2, 0.25) is 0 Å². The van der Waals surface area contributed by atoms with E-state index in [0.717, 1.165) is 17.1 Å². The van der Waals surface area contributed by atoms with Crippen LogP contribution in [0.25, 0.3) is 10.4 Å². The molecule has 0 aliphatic rings. The van der Waals surface area contributed by atoms with Crippen LogP contribution >= 0.6 is 22.9 Å². The van der Waals surface area contributed by atoms with Gasteiger partial charge in [-0.3, -0.25) is 0 Å². The smallest absolute Gasteiger partial charge is 0.0495 e. The van der Waals surface area contributed by atoms with Crippen LogP contribution in [0, 0.1) is 0 Å². The Morgan fingerprint density at radius 3 is 2.71 bits per heavy atom. The summed E-state index contributed by atoms with van der Waals surface area (Å²) < 4.78 is 0. The normalized spacial score (nSPS) is 11.1. The van der Waals surface area contributed by atoms with Crippen molar-refractivity contribution in [1.82, 2.24) is 5.32 Å². The lowest BCUT2D eigenvalue weighted by atomic mass is 10.1. The summed E-state index contributed by atoms with van der Waals surface area (Å²) in [4.78, 5) is 1.22. The average molecular weight is 266 g/mol. The lowest BCUT2D eigenvalue weighted by Gasteiger charge is -2.09. The van der Waals surface area contributed by atoms with E-state index >= 15 is 0 Å². The molecule has 0 amide bonds. The molecule has 0 unspecified atom stereocenters. The van der Waals surface area contributed by atoms with E-state index in [1.165, 1.54) is 10.4 Å². The van der Waals surface area contributed by atoms with E-state index in [2.05, 4.69) is 42.7 Å². The van der Waals surface area contributed by atoms with Gasteiger partial charge in [0.25, 0.3) is 0 Å². The van der Waals surface area contributed by atoms with E-state index in [9.17, 15) is 0 Å². The largest absolute Gasteiger partial charge is 0.310 e. The van der Waals surface area contributed by atoms with Crippen LogP contribution < -0.4 is 5.32 Å². The van der Waals surface area contributed by atoms with E-state index < -0.39 is 0 Å². The molecule has 0 aliphatic carbocycles. The van der Waals surface area contributed by atoms with Gasteiger partial charge in [-0.1, -0.05) is 43.6 Å². The van der Waals surface area contributed by atoms with Crippen molar-refractivity contribution in [2.24, 2.45) is 0 Å². The number of rotatable bonds is 4. The van der Waals surface area contributed by atoms with Crippen LogP contribution in [-0.2, 0) is 6.54 Å². The fourth-order valence-corrected chi connectivity index (χ4v) is 2.75. The molecule has 2 rings (SSSR count). The molecular weight excluding hydrogens is 250 g/mol. The monoisotopic (exact) mass is 265 g/mol. The zero-order chi connectivity index (χ0) is 12.3. The first-order valence-corrected chi connectivity index (χ1v) is 6.98. The quantitative estimate of drug-likeness (QED) is 0.854. The molecule has 1 nitrogen and oxygen atoms in total. The van der Waals surface area contributed by atoms with Crippen molar-refractivity contribution in [3.8, 4) is 10.4 Å². The third kappa shape index (κ3) is 3.32. The van der Waals surface area contributed by atoms with Crippen molar-refractivity contribution >= 4 is 22.9 Å². The van der Waals surface area contributed by atoms with Crippen molar-refractivity contribution in [1.29, 1.82) is 0 Å². The van der Waals surface area contributed by atoms with Gasteiger partial charge in [0.1, 0.15) is 0 Å². The summed E-state index contributed by atoms with van der Waals surface area (Å²) in [5, 5.41) is 6.29. The van der Waals surface area contributed by atoms with Gasteiger partial charge in [0, 0.05) is 28.0 Å². The molecule has 3 heteroatoms. The lowest BCUT2D eigenvalue weighted by molar-refractivity contribution is 0.589. The number of benzene rings is 1. The first kappa shape index (κ1) is 12.6. The van der Waals surface area contributed by atoms with Gasteiger partial charge in [-0.25, -0.2) is 0 Å². The van der Waals surface area contributed by atoms with Gasteiger partial charge in [0.05, 0.1) is 0 Å². The van der Waals surface area contributed by atoms with Crippen molar-refractivity contribution in [3.05, 3.63) is 46.3 Å². The van der Waals surface area contributed by atoms with E-state index in [-0.39, 0.29) is 0 Å². The highest BCUT2D eigenvalue weighted by atomic mass is 35.5. The molecule has 0 aliphatic heterocycles. The molecule has 1 aromatic carbocycles. The Bertz CT molecular complexity index is 477. The standard InChI is InChI=1S/C14H16ClNS/c1-10(2)16-9-11-5-6-12(13(15)8-11)14-4-3-7-17-14/h3-8,10,16H,9H2,1-2H3. The molecule has 2 aromatic rings. The average Bonchev–Trinajstić information content (AvgIpc) is 2.79. The third-order valence-electron chi connectivity index (χ3n) is 2.53. The SMILES string of the molecule is CC(C)NCc1ccc(-c2cccs2)c(Cl)c1. The lowest BCUT2D eigenvalue weighted by Crippen LogP contribution is -2.21. The highest BCUT2D eigenvalue weighted by Gasteiger charge is 2.05. The number of hydrogen-bond donors (Lipinski definition) is 1. The minimum Gasteiger partial charge on any atom is -0.310 e. The molecule has 1 heterocycles. The Balaban J connectivity index is 2.17. The molecule has 0 spiro atoms. The maximum atomic E-state index is 6.32. The summed E-state index contributed by atoms with van der Waals surface area (Å²) >= 11 is 8.03. The summed E-state index contributed by atoms with van der Waals surface area (Å²) in [6, 6.07) is 10.9. The van der Waals surface area contributed by atoms with Crippen LogP contribution in [0.3, 0.4) is 0 Å². The summed E-state index contributed by atoms with van der Waals surface area (Å²) in [6.45, 7) is 5.14. The molecule has 0 fully saturated rings. The van der Waals surface area contributed by atoms with E-state index in [0.29, 0.717) is 6.04 Å². The third-order valence-corrected chi connectivity index (χ3v) is 3.75. The molecule has 1 N–H and O–H groups in total. The number of hydrogen-bond acceptors (Lipinski definition) is 2. The second-order valence-electron chi connectivity index (χ2n) is 4.33. The molecule has 90 valence electrons. The first-order chi connectivity index (χ1) is 8.16. The Labute approximate surface area is 111 Å². The molecule has 0 bridgehead atoms. The van der Waals surface area contributed by atoms with E-state index in [1.54, 1.807) is 11.3 Å². The van der Waals surface area contributed by atoms with Crippen LogP contribution in [0.1, 0.15) is 19.4 Å². The molecule has 0 atom stereocenters. The van der Waals surface area contributed by atoms with Gasteiger partial charge in [-0.2, -0.15) is 0 Å². The predicted molar refractivity (Wildman–Crippen MR) is 76.7 cm³/mol. The zero-order valence-corrected chi connectivity index (χ0v) is 11.6. The van der Waals surface area contributed by atoms with Gasteiger partial charge < -0.3 is 5.32 Å². The maximum absolute atomic E-state index is 6.32. The fourth-order valence-electron chi connectivity index (χ4n) is 1.62. The van der Waals surface area contributed by atoms with Gasteiger partial charge in [-0.05, 0) is 23.1 Å². The Morgan fingerprint density at radius 2 is 2.12 bits per heavy atom. The minimum absolute atomic E-state index is 0.491. The Morgan fingerprint density at radius 1 is 1.29 bits per heavy atom. The van der Waals surface area contributed by atoms with E-state index in [4.69, 9.17) is 11.6 Å². The van der Waals surface area contributed by atoms with Crippen LogP contribution in [-0.4, -0.2) is 6.04 Å². The second kappa shape index (κ2) is 5.67. The second-order valence-corrected chi connectivity index (χ2v) is 5.68. The first-order valence-electron chi connectivity index (χ1n) is 5.72. The van der Waals surface area contributed by atoms with Gasteiger partial charge >= 0.3 is 0 Å². The molecular formula is C14H16ClNS. The number of thiophene rings is 1. The van der Waals surface area contributed by atoms with Crippen LogP contribution in [0.15, 0.2) is 35.7 Å². The minimum atomic E-state index is 0.491. The maximum Gasteiger partial charge on any atom is 0.0495 e. The molecule has 0 saturated carbocycles. The summed E-state index contributed by atoms with van der Waals surface area (Å²) in [5.74, 6) is 0. The predicted octanol–water partition coefficient (Wildman–Crippen LogP) is 4.57. The van der Waals surface area contributed by atoms with Gasteiger partial charge in [0.15, 0.2) is 0 Å². The summed E-state index contributed by atoms with van der Waals surface area (Å²) in [5.41, 5.74) is 2.35. The molecule has 1 aromatic heterocycles. The topological polar surface area (TPSA) is 12.0 Å².